The van der Waals surface area contributed by atoms with Gasteiger partial charge in [0.05, 0.1) is 11.6 Å². The third-order valence-electron chi connectivity index (χ3n) is 1.17. The summed E-state index contributed by atoms with van der Waals surface area (Å²) in [6.07, 6.45) is 0. The van der Waals surface area contributed by atoms with Gasteiger partial charge < -0.3 is 9.47 Å². The van der Waals surface area contributed by atoms with Crippen LogP contribution in [0.15, 0.2) is 12.1 Å². The zero-order valence-corrected chi connectivity index (χ0v) is 7.43. The van der Waals surface area contributed by atoms with E-state index in [0.717, 1.165) is 6.07 Å². The van der Waals surface area contributed by atoms with E-state index in [1.165, 1.54) is 13.2 Å². The van der Waals surface area contributed by atoms with E-state index < -0.39 is 11.6 Å². The van der Waals surface area contributed by atoms with Crippen molar-refractivity contribution in [1.82, 2.24) is 0 Å². The summed E-state index contributed by atoms with van der Waals surface area (Å²) in [7, 11) is 1.39. The van der Waals surface area contributed by atoms with Crippen molar-refractivity contribution in [3.05, 3.63) is 29.8 Å². The summed E-state index contributed by atoms with van der Waals surface area (Å²) in [5.41, 5.74) is 0. The molecule has 0 amide bonds. The first-order chi connectivity index (χ1) is 5.75. The van der Waals surface area contributed by atoms with Crippen LogP contribution in [0.25, 0.3) is 0 Å². The average Bonchev–Trinajstić information content (AvgIpc) is 2.08. The van der Waals surface area contributed by atoms with E-state index in [1.807, 2.05) is 0 Å². The fourth-order valence-corrected chi connectivity index (χ4v) is 0.658. The molecule has 0 atom stereocenters. The van der Waals surface area contributed by atoms with Crippen LogP contribution in [0.2, 0.25) is 0 Å². The van der Waals surface area contributed by atoms with E-state index in [1.54, 1.807) is 0 Å². The van der Waals surface area contributed by atoms with Crippen LogP contribution >= 0.6 is 0 Å². The quantitative estimate of drug-likeness (QED) is 0.329. The molecule has 13 heavy (non-hydrogen) atoms. The Morgan fingerprint density at radius 1 is 1.46 bits per heavy atom. The molecule has 0 heterocycles. The molecule has 0 aliphatic carbocycles. The van der Waals surface area contributed by atoms with Crippen molar-refractivity contribution in [2.24, 2.45) is 0 Å². The van der Waals surface area contributed by atoms with Crippen molar-refractivity contribution in [3.63, 3.8) is 0 Å². The summed E-state index contributed by atoms with van der Waals surface area (Å²) in [5.74, 6) is -2.27. The van der Waals surface area contributed by atoms with Crippen LogP contribution in [0.1, 0.15) is 0 Å². The van der Waals surface area contributed by atoms with Gasteiger partial charge in [0.1, 0.15) is 0 Å². The molecule has 66 valence electrons. The molecule has 0 spiro atoms. The number of rotatable bonds is 3. The molecule has 0 aliphatic heterocycles. The largest absolute Gasteiger partial charge is 1.00 e. The maximum Gasteiger partial charge on any atom is 1.00 e. The molecule has 1 aromatic rings. The first-order valence-electron chi connectivity index (χ1n) is 3.23. The van der Waals surface area contributed by atoms with Gasteiger partial charge in [-0.3, -0.25) is 4.39 Å². The van der Waals surface area contributed by atoms with Crippen LogP contribution in [0.3, 0.4) is 0 Å². The van der Waals surface area contributed by atoms with E-state index in [9.17, 15) is 8.78 Å². The molecule has 0 aromatic heterocycles. The van der Waals surface area contributed by atoms with Gasteiger partial charge in [0.25, 0.3) is 0 Å². The minimum Gasteiger partial charge on any atom is -0.490 e. The van der Waals surface area contributed by atoms with Crippen LogP contribution < -0.4 is 23.6 Å². The fourth-order valence-electron chi connectivity index (χ4n) is 0.658. The summed E-state index contributed by atoms with van der Waals surface area (Å²) >= 11 is 0. The first kappa shape index (κ1) is 12.4. The molecule has 0 bridgehead atoms. The Kier molecular flexibility index (Phi) is 5.72. The van der Waals surface area contributed by atoms with Crippen molar-refractivity contribution in [2.75, 3.05) is 13.9 Å². The minimum absolute atomic E-state index is 0. The fraction of sp³-hybridized carbons (Fsp3) is 0.250. The van der Waals surface area contributed by atoms with Crippen molar-refractivity contribution < 1.29 is 37.1 Å². The molecule has 0 saturated carbocycles. The second-order valence-corrected chi connectivity index (χ2v) is 2.02. The number of hydrogen-bond donors (Lipinski definition) is 0. The number of halogens is 2. The van der Waals surface area contributed by atoms with Gasteiger partial charge in [-0.05, 0) is 0 Å². The number of hydrogen-bond acceptors (Lipinski definition) is 2. The molecular formula is C8H7F2LiO2. The van der Waals surface area contributed by atoms with Crippen molar-refractivity contribution in [2.45, 2.75) is 0 Å². The maximum atomic E-state index is 12.7. The predicted molar refractivity (Wildman–Crippen MR) is 37.7 cm³/mol. The van der Waals surface area contributed by atoms with Crippen LogP contribution in [0.5, 0.6) is 5.75 Å². The maximum absolute atomic E-state index is 12.7. The molecule has 2 nitrogen and oxygen atoms in total. The van der Waals surface area contributed by atoms with Gasteiger partial charge in [0.15, 0.2) is 6.79 Å². The molecule has 1 aromatic carbocycles. The summed E-state index contributed by atoms with van der Waals surface area (Å²) in [6, 6.07) is 4.60. The van der Waals surface area contributed by atoms with Crippen molar-refractivity contribution in [1.29, 1.82) is 0 Å². The minimum atomic E-state index is -1.05. The Balaban J connectivity index is 0.00000144. The number of ether oxygens (including phenoxy) is 2. The Bertz CT molecular complexity index is 268. The van der Waals surface area contributed by atoms with E-state index in [0.29, 0.717) is 0 Å². The normalized spacial score (nSPS) is 9.15. The molecule has 0 saturated heterocycles. The van der Waals surface area contributed by atoms with Crippen molar-refractivity contribution >= 4 is 0 Å². The van der Waals surface area contributed by atoms with E-state index in [2.05, 4.69) is 15.5 Å². The molecule has 0 fully saturated rings. The monoisotopic (exact) mass is 180 g/mol. The molecule has 0 N–H and O–H groups in total. The van der Waals surface area contributed by atoms with E-state index >= 15 is 0 Å². The average molecular weight is 180 g/mol. The predicted octanol–water partition coefficient (Wildman–Crippen LogP) is -1.25. The zero-order valence-electron chi connectivity index (χ0n) is 7.43. The third-order valence-corrected chi connectivity index (χ3v) is 1.17. The first-order valence-corrected chi connectivity index (χ1v) is 3.23. The summed E-state index contributed by atoms with van der Waals surface area (Å²) < 4.78 is 34.4. The Morgan fingerprint density at radius 3 is 2.77 bits per heavy atom. The molecular weight excluding hydrogens is 173 g/mol. The topological polar surface area (TPSA) is 18.5 Å². The van der Waals surface area contributed by atoms with Gasteiger partial charge in [0, 0.05) is 12.9 Å². The second-order valence-electron chi connectivity index (χ2n) is 2.02. The summed E-state index contributed by atoms with van der Waals surface area (Å²) in [5, 5.41) is 0. The molecule has 0 radical (unpaired) electrons. The van der Waals surface area contributed by atoms with Crippen LogP contribution in [-0.2, 0) is 4.74 Å². The Labute approximate surface area is 87.0 Å². The Hall–Kier alpha value is -0.563. The smallest absolute Gasteiger partial charge is 0.490 e. The SMILES string of the molecule is COCOc1[c-]ccc(F)c1F.[Li+]. The zero-order chi connectivity index (χ0) is 8.97. The van der Waals surface area contributed by atoms with Crippen LogP contribution in [0, 0.1) is 17.7 Å². The Morgan fingerprint density at radius 2 is 2.15 bits per heavy atom. The number of benzene rings is 1. The van der Waals surface area contributed by atoms with Gasteiger partial charge in [0.2, 0.25) is 0 Å². The second kappa shape index (κ2) is 5.98. The third kappa shape index (κ3) is 3.35. The molecule has 0 aliphatic rings. The van der Waals surface area contributed by atoms with Gasteiger partial charge in [-0.1, -0.05) is 0 Å². The van der Waals surface area contributed by atoms with Crippen LogP contribution in [0.4, 0.5) is 8.78 Å². The summed E-state index contributed by atoms with van der Waals surface area (Å²) in [6.45, 7) is -0.128. The van der Waals surface area contributed by atoms with E-state index in [4.69, 9.17) is 0 Å². The standard InChI is InChI=1S/C8H7F2O2.Li/c1-11-5-12-7-4-2-3-6(9)8(7)10;/h2-3H,5H2,1H3;/q-1;+1. The molecule has 5 heteroatoms. The van der Waals surface area contributed by atoms with Gasteiger partial charge >= 0.3 is 18.9 Å². The van der Waals surface area contributed by atoms with Gasteiger partial charge in [-0.25, -0.2) is 4.39 Å². The summed E-state index contributed by atoms with van der Waals surface area (Å²) in [4.78, 5) is 0. The van der Waals surface area contributed by atoms with Crippen LogP contribution in [-0.4, -0.2) is 13.9 Å². The molecule has 1 rings (SSSR count). The van der Waals surface area contributed by atoms with Gasteiger partial charge in [-0.15, -0.1) is 12.1 Å². The molecule has 0 unspecified atom stereocenters. The van der Waals surface area contributed by atoms with Crippen molar-refractivity contribution in [3.8, 4) is 5.75 Å². The number of methoxy groups -OCH3 is 1. The van der Waals surface area contributed by atoms with E-state index in [-0.39, 0.29) is 31.4 Å². The van der Waals surface area contributed by atoms with Gasteiger partial charge in [-0.2, -0.15) is 6.07 Å².